The Hall–Kier alpha value is -0.170. The molecule has 0 amide bonds. The molecule has 0 aliphatic rings. The molecule has 0 bridgehead atoms. The molecule has 86 valence electrons. The predicted octanol–water partition coefficient (Wildman–Crippen LogP) is 3.32. The Morgan fingerprint density at radius 2 is 2.19 bits per heavy atom. The minimum absolute atomic E-state index is 0.149. The predicted molar refractivity (Wildman–Crippen MR) is 73.8 cm³/mol. The van der Waals surface area contributed by atoms with Crippen molar-refractivity contribution in [2.75, 3.05) is 7.05 Å². The molecule has 0 aliphatic carbocycles. The molecule has 2 rings (SSSR count). The second kappa shape index (κ2) is 5.00. The standard InChI is InChI=1S/C10H11Br2N3S/c1-13-8(10-6(11)3-4-16-10)9-7(12)5-14-15(9)2/h3-5,8,13H,1-2H3. The molecule has 0 spiro atoms. The topological polar surface area (TPSA) is 29.9 Å². The number of aromatic nitrogens is 2. The smallest absolute Gasteiger partial charge is 0.0862 e. The average Bonchev–Trinajstić information content (AvgIpc) is 2.80. The van der Waals surface area contributed by atoms with Crippen molar-refractivity contribution in [1.29, 1.82) is 0 Å². The van der Waals surface area contributed by atoms with Crippen LogP contribution in [-0.2, 0) is 7.05 Å². The van der Waals surface area contributed by atoms with Crippen molar-refractivity contribution >= 4 is 43.2 Å². The molecule has 1 atom stereocenters. The van der Waals surface area contributed by atoms with E-state index in [9.17, 15) is 0 Å². The number of hydrogen-bond donors (Lipinski definition) is 1. The van der Waals surface area contributed by atoms with Gasteiger partial charge in [-0.3, -0.25) is 4.68 Å². The maximum absolute atomic E-state index is 4.24. The fraction of sp³-hybridized carbons (Fsp3) is 0.300. The van der Waals surface area contributed by atoms with Crippen molar-refractivity contribution in [1.82, 2.24) is 15.1 Å². The summed E-state index contributed by atoms with van der Waals surface area (Å²) in [6, 6.07) is 2.21. The first-order valence-electron chi connectivity index (χ1n) is 4.72. The van der Waals surface area contributed by atoms with Crippen LogP contribution in [0.3, 0.4) is 0 Å². The molecular weight excluding hydrogens is 354 g/mol. The Morgan fingerprint density at radius 3 is 2.62 bits per heavy atom. The Bertz CT molecular complexity index is 472. The van der Waals surface area contributed by atoms with Crippen molar-refractivity contribution in [2.24, 2.45) is 7.05 Å². The molecule has 0 aliphatic heterocycles. The van der Waals surface area contributed by atoms with E-state index in [0.717, 1.165) is 14.6 Å². The van der Waals surface area contributed by atoms with E-state index in [2.05, 4.69) is 53.7 Å². The van der Waals surface area contributed by atoms with Crippen molar-refractivity contribution in [3.8, 4) is 0 Å². The third kappa shape index (κ3) is 2.11. The van der Waals surface area contributed by atoms with Crippen LogP contribution in [0.5, 0.6) is 0 Å². The summed E-state index contributed by atoms with van der Waals surface area (Å²) in [5.41, 5.74) is 1.13. The third-order valence-corrected chi connectivity index (χ3v) is 4.95. The Balaban J connectivity index is 2.49. The van der Waals surface area contributed by atoms with Crippen LogP contribution in [0, 0.1) is 0 Å². The lowest BCUT2D eigenvalue weighted by Gasteiger charge is -2.16. The summed E-state index contributed by atoms with van der Waals surface area (Å²) in [5, 5.41) is 9.64. The van der Waals surface area contributed by atoms with Crippen molar-refractivity contribution in [3.05, 3.63) is 37.2 Å². The van der Waals surface area contributed by atoms with Gasteiger partial charge in [-0.15, -0.1) is 11.3 Å². The molecule has 0 saturated carbocycles. The molecule has 0 saturated heterocycles. The van der Waals surface area contributed by atoms with Crippen LogP contribution in [0.1, 0.15) is 16.6 Å². The van der Waals surface area contributed by atoms with Crippen LogP contribution in [0.15, 0.2) is 26.6 Å². The number of aryl methyl sites for hydroxylation is 1. The van der Waals surface area contributed by atoms with E-state index in [1.54, 1.807) is 11.3 Å². The van der Waals surface area contributed by atoms with E-state index in [-0.39, 0.29) is 6.04 Å². The van der Waals surface area contributed by atoms with Gasteiger partial charge in [-0.2, -0.15) is 5.10 Å². The summed E-state index contributed by atoms with van der Waals surface area (Å²) in [7, 11) is 3.90. The van der Waals surface area contributed by atoms with E-state index >= 15 is 0 Å². The summed E-state index contributed by atoms with van der Waals surface area (Å²) in [5.74, 6) is 0. The Kier molecular flexibility index (Phi) is 3.84. The van der Waals surface area contributed by atoms with Gasteiger partial charge in [0, 0.05) is 16.4 Å². The van der Waals surface area contributed by atoms with Gasteiger partial charge < -0.3 is 5.32 Å². The monoisotopic (exact) mass is 363 g/mol. The zero-order valence-corrected chi connectivity index (χ0v) is 12.9. The van der Waals surface area contributed by atoms with Crippen LogP contribution in [0.25, 0.3) is 0 Å². The molecule has 1 unspecified atom stereocenters. The number of nitrogens with one attached hydrogen (secondary N) is 1. The molecule has 0 radical (unpaired) electrons. The molecule has 2 aromatic rings. The van der Waals surface area contributed by atoms with Gasteiger partial charge in [0.25, 0.3) is 0 Å². The Morgan fingerprint density at radius 1 is 1.44 bits per heavy atom. The van der Waals surface area contributed by atoms with Gasteiger partial charge in [0.2, 0.25) is 0 Å². The summed E-state index contributed by atoms with van der Waals surface area (Å²) in [6.07, 6.45) is 1.82. The molecule has 0 aromatic carbocycles. The van der Waals surface area contributed by atoms with Gasteiger partial charge in [-0.1, -0.05) is 0 Å². The van der Waals surface area contributed by atoms with Gasteiger partial charge in [-0.25, -0.2) is 0 Å². The molecule has 2 heterocycles. The zero-order valence-electron chi connectivity index (χ0n) is 8.87. The number of rotatable bonds is 3. The van der Waals surface area contributed by atoms with Gasteiger partial charge in [0.05, 0.1) is 22.4 Å². The van der Waals surface area contributed by atoms with Crippen LogP contribution in [0.2, 0.25) is 0 Å². The maximum Gasteiger partial charge on any atom is 0.0862 e. The molecule has 6 heteroatoms. The minimum Gasteiger partial charge on any atom is -0.307 e. The van der Waals surface area contributed by atoms with E-state index in [1.165, 1.54) is 4.88 Å². The summed E-state index contributed by atoms with van der Waals surface area (Å²) < 4.78 is 4.04. The van der Waals surface area contributed by atoms with Crippen LogP contribution in [0.4, 0.5) is 0 Å². The van der Waals surface area contributed by atoms with E-state index < -0.39 is 0 Å². The number of thiophene rings is 1. The minimum atomic E-state index is 0.149. The maximum atomic E-state index is 4.24. The van der Waals surface area contributed by atoms with Crippen LogP contribution < -0.4 is 5.32 Å². The highest BCUT2D eigenvalue weighted by atomic mass is 79.9. The first-order chi connectivity index (χ1) is 7.65. The van der Waals surface area contributed by atoms with Gasteiger partial charge in [0.1, 0.15) is 0 Å². The first-order valence-corrected chi connectivity index (χ1v) is 7.19. The van der Waals surface area contributed by atoms with Crippen molar-refractivity contribution < 1.29 is 0 Å². The highest BCUT2D eigenvalue weighted by Crippen LogP contribution is 2.35. The molecular formula is C10H11Br2N3S. The number of halogens is 2. The second-order valence-electron chi connectivity index (χ2n) is 3.36. The highest BCUT2D eigenvalue weighted by molar-refractivity contribution is 9.10. The molecule has 1 N–H and O–H groups in total. The van der Waals surface area contributed by atoms with Gasteiger partial charge in [-0.05, 0) is 50.4 Å². The first kappa shape index (κ1) is 12.3. The molecule has 16 heavy (non-hydrogen) atoms. The van der Waals surface area contributed by atoms with E-state index in [1.807, 2.05) is 25.0 Å². The average molecular weight is 365 g/mol. The SMILES string of the molecule is CNC(c1sccc1Br)c1c(Br)cnn1C. The lowest BCUT2D eigenvalue weighted by Crippen LogP contribution is -2.20. The van der Waals surface area contributed by atoms with Crippen LogP contribution in [-0.4, -0.2) is 16.8 Å². The zero-order chi connectivity index (χ0) is 11.7. The van der Waals surface area contributed by atoms with Gasteiger partial charge in [0.15, 0.2) is 0 Å². The Labute approximate surface area is 115 Å². The van der Waals surface area contributed by atoms with E-state index in [0.29, 0.717) is 0 Å². The number of nitrogens with zero attached hydrogens (tertiary/aromatic N) is 2. The quantitative estimate of drug-likeness (QED) is 0.905. The second-order valence-corrected chi connectivity index (χ2v) is 6.01. The molecule has 3 nitrogen and oxygen atoms in total. The molecule has 0 fully saturated rings. The van der Waals surface area contributed by atoms with E-state index in [4.69, 9.17) is 0 Å². The summed E-state index contributed by atoms with van der Waals surface area (Å²) in [6.45, 7) is 0. The lowest BCUT2D eigenvalue weighted by atomic mass is 10.2. The normalized spacial score (nSPS) is 13.0. The lowest BCUT2D eigenvalue weighted by molar-refractivity contribution is 0.609. The third-order valence-electron chi connectivity index (χ3n) is 2.41. The van der Waals surface area contributed by atoms with Gasteiger partial charge >= 0.3 is 0 Å². The summed E-state index contributed by atoms with van der Waals surface area (Å²) in [4.78, 5) is 1.26. The fourth-order valence-corrected chi connectivity index (χ4v) is 3.94. The fourth-order valence-electron chi connectivity index (χ4n) is 1.65. The number of hydrogen-bond acceptors (Lipinski definition) is 3. The molecule has 2 aromatic heterocycles. The largest absolute Gasteiger partial charge is 0.307 e. The van der Waals surface area contributed by atoms with Crippen molar-refractivity contribution in [2.45, 2.75) is 6.04 Å². The highest BCUT2D eigenvalue weighted by Gasteiger charge is 2.22. The summed E-state index contributed by atoms with van der Waals surface area (Å²) >= 11 is 8.83. The van der Waals surface area contributed by atoms with Crippen LogP contribution >= 0.6 is 43.2 Å². The van der Waals surface area contributed by atoms with Crippen molar-refractivity contribution in [3.63, 3.8) is 0 Å².